The van der Waals surface area contributed by atoms with Gasteiger partial charge in [-0.05, 0) is 84.8 Å². The fraction of sp³-hybridized carbons (Fsp3) is 0.500. The summed E-state index contributed by atoms with van der Waals surface area (Å²) in [5.74, 6) is -2.18. The number of carbonyl (C=O) groups excluding carboxylic acids is 2. The topological polar surface area (TPSA) is 226 Å². The second kappa shape index (κ2) is 15.4. The number of rotatable bonds is 17. The van der Waals surface area contributed by atoms with E-state index < -0.39 is 29.0 Å². The van der Waals surface area contributed by atoms with E-state index >= 15 is 0 Å². The molecule has 0 saturated carbocycles. The van der Waals surface area contributed by atoms with Crippen molar-refractivity contribution in [2.24, 2.45) is 0 Å². The van der Waals surface area contributed by atoms with Crippen LogP contribution in [0.5, 0.6) is 0 Å². The number of ether oxygens (including phenoxy) is 1. The first-order valence-corrected chi connectivity index (χ1v) is 14.7. The summed E-state index contributed by atoms with van der Waals surface area (Å²) in [6.45, 7) is 9.33. The summed E-state index contributed by atoms with van der Waals surface area (Å²) in [4.78, 5) is 64.0. The number of anilines is 2. The van der Waals surface area contributed by atoms with Crippen LogP contribution in [0.4, 0.5) is 11.6 Å². The fourth-order valence-corrected chi connectivity index (χ4v) is 4.35. The molecule has 2 heterocycles. The molecule has 3 rings (SSSR count). The summed E-state index contributed by atoms with van der Waals surface area (Å²) in [5, 5.41) is 21.3. The SMILES string of the molecule is CNCCC(C)(C)OCCC(C)(C)NC(=O)CCC(NC(=O)c1ccc(NCc2cnc3nc(N)[nH]c(=O)c3n2)cc1)C(=O)O. The summed E-state index contributed by atoms with van der Waals surface area (Å²) in [5.41, 5.74) is 5.77. The van der Waals surface area contributed by atoms with Gasteiger partial charge in [0, 0.05) is 29.8 Å². The van der Waals surface area contributed by atoms with Crippen LogP contribution in [-0.4, -0.2) is 80.2 Å². The molecule has 0 radical (unpaired) electrons. The van der Waals surface area contributed by atoms with Gasteiger partial charge in [-0.2, -0.15) is 4.98 Å². The molecular weight excluding hydrogens is 582 g/mol. The van der Waals surface area contributed by atoms with E-state index in [1.165, 1.54) is 18.3 Å². The summed E-state index contributed by atoms with van der Waals surface area (Å²) >= 11 is 0. The van der Waals surface area contributed by atoms with Crippen LogP contribution in [0.15, 0.2) is 35.3 Å². The predicted octanol–water partition coefficient (Wildman–Crippen LogP) is 1.56. The standard InChI is InChI=1S/C30H43N9O6/c1-29(2,13-15-45-30(3,4)12-14-32-5)39-22(40)11-10-21(27(43)44)36-25(41)18-6-8-19(9-7-18)33-16-20-17-34-24-23(35-20)26(42)38-28(31)37-24/h6-9,17,21,32-33H,10-16H2,1-5H3,(H,36,41)(H,39,40)(H,43,44)(H3,31,34,37,38,42). The van der Waals surface area contributed by atoms with Gasteiger partial charge in [0.05, 0.1) is 24.0 Å². The second-order valence-electron chi connectivity index (χ2n) is 12.0. The summed E-state index contributed by atoms with van der Waals surface area (Å²) < 4.78 is 5.98. The zero-order valence-corrected chi connectivity index (χ0v) is 26.3. The molecule has 1 atom stereocenters. The van der Waals surface area contributed by atoms with Crippen molar-refractivity contribution < 1.29 is 24.2 Å². The number of amides is 2. The molecule has 244 valence electrons. The van der Waals surface area contributed by atoms with E-state index in [0.717, 1.165) is 13.0 Å². The number of aliphatic carboxylic acids is 1. The number of carbonyl (C=O) groups is 3. The number of nitrogens with one attached hydrogen (secondary N) is 5. The van der Waals surface area contributed by atoms with Crippen molar-refractivity contribution in [2.45, 2.75) is 77.1 Å². The van der Waals surface area contributed by atoms with Crippen molar-refractivity contribution in [3.8, 4) is 0 Å². The van der Waals surface area contributed by atoms with Gasteiger partial charge in [0.15, 0.2) is 11.2 Å². The van der Waals surface area contributed by atoms with Crippen molar-refractivity contribution >= 4 is 40.6 Å². The molecule has 45 heavy (non-hydrogen) atoms. The minimum absolute atomic E-state index is 0.0474. The number of carboxylic acids is 1. The van der Waals surface area contributed by atoms with E-state index in [1.54, 1.807) is 12.1 Å². The zero-order chi connectivity index (χ0) is 33.2. The number of hydrogen-bond donors (Lipinski definition) is 7. The molecule has 0 bridgehead atoms. The molecular formula is C30H43N9O6. The number of aromatic amines is 1. The van der Waals surface area contributed by atoms with Gasteiger partial charge < -0.3 is 36.8 Å². The third kappa shape index (κ3) is 11.1. The summed E-state index contributed by atoms with van der Waals surface area (Å²) in [7, 11) is 1.89. The summed E-state index contributed by atoms with van der Waals surface area (Å²) in [6.07, 6.45) is 2.74. The predicted molar refractivity (Wildman–Crippen MR) is 170 cm³/mol. The van der Waals surface area contributed by atoms with Crippen molar-refractivity contribution in [2.75, 3.05) is 31.2 Å². The Morgan fingerprint density at radius 2 is 1.80 bits per heavy atom. The van der Waals surface area contributed by atoms with E-state index in [-0.39, 0.29) is 53.6 Å². The van der Waals surface area contributed by atoms with Gasteiger partial charge >= 0.3 is 5.97 Å². The highest BCUT2D eigenvalue weighted by atomic mass is 16.5. The molecule has 3 aromatic rings. The van der Waals surface area contributed by atoms with Crippen molar-refractivity contribution in [3.05, 3.63) is 52.1 Å². The lowest BCUT2D eigenvalue weighted by Crippen LogP contribution is -2.46. The Labute approximate surface area is 261 Å². The van der Waals surface area contributed by atoms with Crippen molar-refractivity contribution in [1.82, 2.24) is 35.9 Å². The lowest BCUT2D eigenvalue weighted by molar-refractivity contribution is -0.139. The largest absolute Gasteiger partial charge is 0.480 e. The fourth-order valence-electron chi connectivity index (χ4n) is 4.35. The van der Waals surface area contributed by atoms with Gasteiger partial charge in [0.2, 0.25) is 11.9 Å². The maximum absolute atomic E-state index is 12.8. The second-order valence-corrected chi connectivity index (χ2v) is 12.0. The molecule has 0 aliphatic heterocycles. The molecule has 0 aliphatic rings. The number of nitrogens with two attached hydrogens (primary N) is 1. The number of fused-ring (bicyclic) bond motifs is 1. The number of aromatic nitrogens is 4. The Morgan fingerprint density at radius 3 is 2.47 bits per heavy atom. The van der Waals surface area contributed by atoms with E-state index in [9.17, 15) is 24.3 Å². The van der Waals surface area contributed by atoms with Gasteiger partial charge in [0.25, 0.3) is 11.5 Å². The molecule has 2 amide bonds. The molecule has 8 N–H and O–H groups in total. The molecule has 15 nitrogen and oxygen atoms in total. The Bertz CT molecular complexity index is 1540. The van der Waals surface area contributed by atoms with Crippen molar-refractivity contribution in [3.63, 3.8) is 0 Å². The van der Waals surface area contributed by atoms with Crippen LogP contribution < -0.4 is 32.6 Å². The highest BCUT2D eigenvalue weighted by molar-refractivity contribution is 5.97. The third-order valence-electron chi connectivity index (χ3n) is 7.05. The highest BCUT2D eigenvalue weighted by Gasteiger charge is 2.26. The van der Waals surface area contributed by atoms with Gasteiger partial charge in [-0.25, -0.2) is 14.8 Å². The van der Waals surface area contributed by atoms with Gasteiger partial charge in [-0.3, -0.25) is 19.4 Å². The average molecular weight is 626 g/mol. The number of benzene rings is 1. The Balaban J connectivity index is 1.47. The lowest BCUT2D eigenvalue weighted by Gasteiger charge is -2.30. The lowest BCUT2D eigenvalue weighted by atomic mass is 9.99. The number of carboxylic acid groups (broad SMARTS) is 1. The first kappa shape index (κ1) is 34.9. The number of nitrogen functional groups attached to an aromatic ring is 1. The molecule has 0 aliphatic carbocycles. The molecule has 1 unspecified atom stereocenters. The van der Waals surface area contributed by atoms with Crippen molar-refractivity contribution in [1.29, 1.82) is 0 Å². The smallest absolute Gasteiger partial charge is 0.326 e. The van der Waals surface area contributed by atoms with Crippen LogP contribution in [0.3, 0.4) is 0 Å². The molecule has 0 fully saturated rings. The van der Waals surface area contributed by atoms with Crippen LogP contribution in [0.25, 0.3) is 11.2 Å². The minimum Gasteiger partial charge on any atom is -0.480 e. The molecule has 0 saturated heterocycles. The van der Waals surface area contributed by atoms with Gasteiger partial charge in [-0.1, -0.05) is 0 Å². The molecule has 1 aromatic carbocycles. The van der Waals surface area contributed by atoms with Crippen LogP contribution in [0, 0.1) is 0 Å². The van der Waals surface area contributed by atoms with Crippen LogP contribution in [0.2, 0.25) is 0 Å². The third-order valence-corrected chi connectivity index (χ3v) is 7.05. The zero-order valence-electron chi connectivity index (χ0n) is 26.3. The van der Waals surface area contributed by atoms with Gasteiger partial charge in [-0.15, -0.1) is 0 Å². The van der Waals surface area contributed by atoms with E-state index in [4.69, 9.17) is 10.5 Å². The monoisotopic (exact) mass is 625 g/mol. The van der Waals surface area contributed by atoms with Gasteiger partial charge in [0.1, 0.15) is 6.04 Å². The number of nitrogens with zero attached hydrogens (tertiary/aromatic N) is 3. The quantitative estimate of drug-likeness (QED) is 0.113. The van der Waals surface area contributed by atoms with Crippen LogP contribution in [-0.2, 0) is 20.9 Å². The average Bonchev–Trinajstić information content (AvgIpc) is 2.96. The first-order chi connectivity index (χ1) is 21.2. The van der Waals surface area contributed by atoms with Crippen LogP contribution >= 0.6 is 0 Å². The minimum atomic E-state index is -1.25. The molecule has 2 aromatic heterocycles. The Hall–Kier alpha value is -4.63. The van der Waals surface area contributed by atoms with E-state index in [1.807, 2.05) is 34.7 Å². The normalized spacial score (nSPS) is 12.5. The van der Waals surface area contributed by atoms with E-state index in [0.29, 0.717) is 24.4 Å². The Morgan fingerprint density at radius 1 is 1.09 bits per heavy atom. The van der Waals surface area contributed by atoms with Crippen LogP contribution in [0.1, 0.15) is 69.4 Å². The number of H-pyrrole nitrogens is 1. The molecule has 15 heteroatoms. The Kier molecular flexibility index (Phi) is 11.9. The maximum atomic E-state index is 12.8. The first-order valence-electron chi connectivity index (χ1n) is 14.7. The van der Waals surface area contributed by atoms with E-state index in [2.05, 4.69) is 41.2 Å². The highest BCUT2D eigenvalue weighted by Crippen LogP contribution is 2.17. The summed E-state index contributed by atoms with van der Waals surface area (Å²) in [6, 6.07) is 5.12. The number of hydrogen-bond acceptors (Lipinski definition) is 11. The molecule has 0 spiro atoms. The maximum Gasteiger partial charge on any atom is 0.326 e.